The van der Waals surface area contributed by atoms with E-state index >= 15 is 0 Å². The molecule has 0 fully saturated rings. The van der Waals surface area contributed by atoms with Gasteiger partial charge in [-0.1, -0.05) is 0 Å². The fourth-order valence-electron chi connectivity index (χ4n) is 0.698. The van der Waals surface area contributed by atoms with E-state index in [9.17, 15) is 4.79 Å². The number of hydrogen-bond acceptors (Lipinski definition) is 2. The Morgan fingerprint density at radius 3 is 2.92 bits per heavy atom. The highest BCUT2D eigenvalue weighted by Crippen LogP contribution is 2.10. The van der Waals surface area contributed by atoms with Crippen LogP contribution in [0.25, 0.3) is 6.08 Å². The van der Waals surface area contributed by atoms with E-state index in [1.54, 1.807) is 18.5 Å². The van der Waals surface area contributed by atoms with Crippen molar-refractivity contribution in [1.29, 1.82) is 0 Å². The van der Waals surface area contributed by atoms with E-state index in [4.69, 9.17) is 5.73 Å². The molecule has 1 aromatic rings. The van der Waals surface area contributed by atoms with Gasteiger partial charge in [-0.2, -0.15) is 0 Å². The monoisotopic (exact) mass is 226 g/mol. The van der Waals surface area contributed by atoms with Crippen LogP contribution in [-0.2, 0) is 4.79 Å². The fourth-order valence-corrected chi connectivity index (χ4v) is 1.08. The Bertz CT molecular complexity index is 323. The van der Waals surface area contributed by atoms with E-state index in [1.807, 2.05) is 6.07 Å². The number of carbonyl (C=O) groups is 1. The molecule has 0 atom stereocenters. The number of carbonyl (C=O) groups excluding carboxylic acids is 1. The quantitative estimate of drug-likeness (QED) is 0.775. The molecule has 0 aliphatic rings. The number of halogens is 1. The molecule has 0 radical (unpaired) electrons. The summed E-state index contributed by atoms with van der Waals surface area (Å²) >= 11 is 3.26. The summed E-state index contributed by atoms with van der Waals surface area (Å²) in [5.74, 6) is -0.463. The second-order valence-electron chi connectivity index (χ2n) is 2.17. The molecule has 0 bridgehead atoms. The standard InChI is InChI=1S/C8H7BrN2O/c9-7-3-6(4-11-5-7)1-2-8(10)12/h1-5H,(H2,10,12)/b2-1-. The lowest BCUT2D eigenvalue weighted by molar-refractivity contribution is -0.113. The SMILES string of the molecule is NC(=O)/C=C\c1cncc(Br)c1. The minimum Gasteiger partial charge on any atom is -0.366 e. The summed E-state index contributed by atoms with van der Waals surface area (Å²) in [5.41, 5.74) is 5.76. The third-order valence-corrected chi connectivity index (χ3v) is 1.60. The Morgan fingerprint density at radius 1 is 1.58 bits per heavy atom. The largest absolute Gasteiger partial charge is 0.366 e. The Morgan fingerprint density at radius 2 is 2.33 bits per heavy atom. The molecule has 2 N–H and O–H groups in total. The molecular weight excluding hydrogens is 220 g/mol. The van der Waals surface area contributed by atoms with Crippen molar-refractivity contribution in [2.45, 2.75) is 0 Å². The molecule has 0 unspecified atom stereocenters. The highest BCUT2D eigenvalue weighted by Gasteiger charge is 1.89. The summed E-state index contributed by atoms with van der Waals surface area (Å²) in [6.07, 6.45) is 6.22. The summed E-state index contributed by atoms with van der Waals surface area (Å²) in [4.78, 5) is 14.3. The first kappa shape index (κ1) is 8.93. The first-order chi connectivity index (χ1) is 5.68. The highest BCUT2D eigenvalue weighted by molar-refractivity contribution is 9.10. The highest BCUT2D eigenvalue weighted by atomic mass is 79.9. The maximum Gasteiger partial charge on any atom is 0.241 e. The molecule has 1 amide bonds. The predicted molar refractivity (Wildman–Crippen MR) is 50.2 cm³/mol. The first-order valence-corrected chi connectivity index (χ1v) is 4.06. The topological polar surface area (TPSA) is 56.0 Å². The summed E-state index contributed by atoms with van der Waals surface area (Å²) in [6.45, 7) is 0. The van der Waals surface area contributed by atoms with E-state index in [0.717, 1.165) is 10.0 Å². The van der Waals surface area contributed by atoms with E-state index in [2.05, 4.69) is 20.9 Å². The minimum absolute atomic E-state index is 0.463. The van der Waals surface area contributed by atoms with Crippen molar-refractivity contribution < 1.29 is 4.79 Å². The average molecular weight is 227 g/mol. The van der Waals surface area contributed by atoms with Crippen LogP contribution in [0.15, 0.2) is 29.0 Å². The Labute approximate surface area is 78.4 Å². The van der Waals surface area contributed by atoms with Gasteiger partial charge in [0, 0.05) is 22.9 Å². The molecule has 3 nitrogen and oxygen atoms in total. The third-order valence-electron chi connectivity index (χ3n) is 1.17. The van der Waals surface area contributed by atoms with Crippen molar-refractivity contribution >= 4 is 27.9 Å². The van der Waals surface area contributed by atoms with Crippen LogP contribution in [0.1, 0.15) is 5.56 Å². The average Bonchev–Trinajstić information content (AvgIpc) is 2.01. The molecule has 0 saturated heterocycles. The van der Waals surface area contributed by atoms with Gasteiger partial charge in [0.15, 0.2) is 0 Å². The van der Waals surface area contributed by atoms with Gasteiger partial charge in [0.25, 0.3) is 0 Å². The molecule has 0 aliphatic carbocycles. The van der Waals surface area contributed by atoms with Crippen molar-refractivity contribution in [3.63, 3.8) is 0 Å². The maximum absolute atomic E-state index is 10.4. The van der Waals surface area contributed by atoms with Gasteiger partial charge in [-0.05, 0) is 33.6 Å². The van der Waals surface area contributed by atoms with Gasteiger partial charge in [-0.15, -0.1) is 0 Å². The lowest BCUT2D eigenvalue weighted by Crippen LogP contribution is -2.05. The molecular formula is C8H7BrN2O. The zero-order valence-corrected chi connectivity index (χ0v) is 7.78. The van der Waals surface area contributed by atoms with Crippen molar-refractivity contribution in [2.24, 2.45) is 5.73 Å². The Kier molecular flexibility index (Phi) is 2.99. The van der Waals surface area contributed by atoms with E-state index in [1.165, 1.54) is 6.08 Å². The molecule has 0 spiro atoms. The Hall–Kier alpha value is -1.16. The molecule has 62 valence electrons. The number of nitrogens with zero attached hydrogens (tertiary/aromatic N) is 1. The summed E-state index contributed by atoms with van der Waals surface area (Å²) < 4.78 is 0.870. The van der Waals surface area contributed by atoms with Gasteiger partial charge >= 0.3 is 0 Å². The summed E-state index contributed by atoms with van der Waals surface area (Å²) in [5, 5.41) is 0. The number of primary amides is 1. The number of aromatic nitrogens is 1. The predicted octanol–water partition coefficient (Wildman–Crippen LogP) is 1.34. The molecule has 1 aromatic heterocycles. The van der Waals surface area contributed by atoms with Crippen LogP contribution in [0.5, 0.6) is 0 Å². The van der Waals surface area contributed by atoms with Crippen LogP contribution < -0.4 is 5.73 Å². The molecule has 1 heterocycles. The Balaban J connectivity index is 2.83. The van der Waals surface area contributed by atoms with E-state index in [-0.39, 0.29) is 0 Å². The van der Waals surface area contributed by atoms with Gasteiger partial charge in [-0.25, -0.2) is 0 Å². The number of nitrogens with two attached hydrogens (primary N) is 1. The van der Waals surface area contributed by atoms with Crippen LogP contribution in [-0.4, -0.2) is 10.9 Å². The van der Waals surface area contributed by atoms with E-state index in [0.29, 0.717) is 0 Å². The van der Waals surface area contributed by atoms with Crippen LogP contribution in [0.3, 0.4) is 0 Å². The fraction of sp³-hybridized carbons (Fsp3) is 0. The van der Waals surface area contributed by atoms with Crippen molar-refractivity contribution in [3.8, 4) is 0 Å². The molecule has 0 saturated carbocycles. The minimum atomic E-state index is -0.463. The van der Waals surface area contributed by atoms with Gasteiger partial charge in [0.2, 0.25) is 5.91 Å². The summed E-state index contributed by atoms with van der Waals surface area (Å²) in [7, 11) is 0. The number of hydrogen-bond donors (Lipinski definition) is 1. The van der Waals surface area contributed by atoms with Crippen LogP contribution in [0.2, 0.25) is 0 Å². The lowest BCUT2D eigenvalue weighted by atomic mass is 10.2. The zero-order valence-electron chi connectivity index (χ0n) is 6.20. The van der Waals surface area contributed by atoms with Crippen molar-refractivity contribution in [3.05, 3.63) is 34.6 Å². The van der Waals surface area contributed by atoms with Crippen LogP contribution in [0.4, 0.5) is 0 Å². The number of amides is 1. The molecule has 4 heteroatoms. The maximum atomic E-state index is 10.4. The van der Waals surface area contributed by atoms with Gasteiger partial charge in [0.05, 0.1) is 0 Å². The third kappa shape index (κ3) is 2.84. The molecule has 1 rings (SSSR count). The summed E-state index contributed by atoms with van der Waals surface area (Å²) in [6, 6.07) is 1.84. The lowest BCUT2D eigenvalue weighted by Gasteiger charge is -1.91. The normalized spacial score (nSPS) is 10.4. The molecule has 0 aromatic carbocycles. The van der Waals surface area contributed by atoms with Crippen molar-refractivity contribution in [1.82, 2.24) is 4.98 Å². The first-order valence-electron chi connectivity index (χ1n) is 3.26. The van der Waals surface area contributed by atoms with Gasteiger partial charge < -0.3 is 5.73 Å². The van der Waals surface area contributed by atoms with Gasteiger partial charge in [0.1, 0.15) is 0 Å². The van der Waals surface area contributed by atoms with Crippen LogP contribution >= 0.6 is 15.9 Å². The van der Waals surface area contributed by atoms with Gasteiger partial charge in [-0.3, -0.25) is 9.78 Å². The molecule has 12 heavy (non-hydrogen) atoms. The zero-order chi connectivity index (χ0) is 8.97. The van der Waals surface area contributed by atoms with Crippen molar-refractivity contribution in [2.75, 3.05) is 0 Å². The second-order valence-corrected chi connectivity index (χ2v) is 3.09. The molecule has 0 aliphatic heterocycles. The number of rotatable bonds is 2. The van der Waals surface area contributed by atoms with E-state index < -0.39 is 5.91 Å². The van der Waals surface area contributed by atoms with Crippen LogP contribution in [0, 0.1) is 0 Å². The smallest absolute Gasteiger partial charge is 0.241 e. The number of pyridine rings is 1. The second kappa shape index (κ2) is 4.01.